The summed E-state index contributed by atoms with van der Waals surface area (Å²) in [6.07, 6.45) is 11.6. The Hall–Kier alpha value is -1.03. The van der Waals surface area contributed by atoms with E-state index in [1.807, 2.05) is 0 Å². The van der Waals surface area contributed by atoms with Crippen LogP contribution in [0.5, 0.6) is 0 Å². The number of anilines is 1. The maximum Gasteiger partial charge on any atom is 0.203 e. The molecule has 2 rings (SSSR count). The highest BCUT2D eigenvalue weighted by Crippen LogP contribution is 2.26. The van der Waals surface area contributed by atoms with E-state index in [1.165, 1.54) is 38.5 Å². The van der Waals surface area contributed by atoms with Crippen molar-refractivity contribution in [2.75, 3.05) is 25.6 Å². The third kappa shape index (κ3) is 4.82. The third-order valence-electron chi connectivity index (χ3n) is 4.20. The van der Waals surface area contributed by atoms with Gasteiger partial charge in [0.2, 0.25) is 5.95 Å². The molecule has 1 heterocycles. The summed E-state index contributed by atoms with van der Waals surface area (Å²) >= 11 is 0. The van der Waals surface area contributed by atoms with Crippen LogP contribution in [0.2, 0.25) is 0 Å². The number of aromatic nitrogens is 2. The lowest BCUT2D eigenvalue weighted by Crippen LogP contribution is -2.14. The van der Waals surface area contributed by atoms with Gasteiger partial charge in [0.15, 0.2) is 0 Å². The van der Waals surface area contributed by atoms with Gasteiger partial charge in [0.25, 0.3) is 0 Å². The average molecular weight is 279 g/mol. The molecule has 0 bridgehead atoms. The van der Waals surface area contributed by atoms with Gasteiger partial charge in [-0.15, -0.1) is 0 Å². The molecule has 1 aliphatic rings. The molecule has 1 aliphatic carbocycles. The van der Waals surface area contributed by atoms with Gasteiger partial charge < -0.3 is 14.6 Å². The number of methoxy groups -OCH3 is 1. The Morgan fingerprint density at radius 2 is 2.15 bits per heavy atom. The van der Waals surface area contributed by atoms with Crippen LogP contribution in [0.15, 0.2) is 6.20 Å². The SMILES string of the molecule is COCCCn1cc(C)nc1NCCC1CCCCC1. The minimum absolute atomic E-state index is 0.804. The zero-order valence-electron chi connectivity index (χ0n) is 13.0. The summed E-state index contributed by atoms with van der Waals surface area (Å²) in [5.74, 6) is 1.95. The molecule has 1 aromatic rings. The minimum atomic E-state index is 0.804. The van der Waals surface area contributed by atoms with E-state index in [0.717, 1.165) is 43.7 Å². The lowest BCUT2D eigenvalue weighted by molar-refractivity contribution is 0.190. The maximum absolute atomic E-state index is 5.12. The number of aryl methyl sites for hydroxylation is 2. The fourth-order valence-corrected chi connectivity index (χ4v) is 3.10. The normalized spacial score (nSPS) is 16.5. The van der Waals surface area contributed by atoms with Gasteiger partial charge in [-0.2, -0.15) is 0 Å². The van der Waals surface area contributed by atoms with Gasteiger partial charge in [0.05, 0.1) is 5.69 Å². The van der Waals surface area contributed by atoms with E-state index in [2.05, 4.69) is 28.0 Å². The highest BCUT2D eigenvalue weighted by molar-refractivity contribution is 5.28. The molecule has 0 saturated heterocycles. The highest BCUT2D eigenvalue weighted by atomic mass is 16.5. The second-order valence-corrected chi connectivity index (χ2v) is 5.97. The van der Waals surface area contributed by atoms with E-state index in [0.29, 0.717) is 0 Å². The zero-order valence-corrected chi connectivity index (χ0v) is 13.0. The Labute approximate surface area is 122 Å². The summed E-state index contributed by atoms with van der Waals surface area (Å²) in [4.78, 5) is 4.58. The van der Waals surface area contributed by atoms with Crippen molar-refractivity contribution in [2.45, 2.75) is 58.4 Å². The van der Waals surface area contributed by atoms with Crippen LogP contribution < -0.4 is 5.32 Å². The summed E-state index contributed by atoms with van der Waals surface area (Å²) in [6, 6.07) is 0. The van der Waals surface area contributed by atoms with Crippen molar-refractivity contribution < 1.29 is 4.74 Å². The van der Waals surface area contributed by atoms with E-state index >= 15 is 0 Å². The lowest BCUT2D eigenvalue weighted by atomic mass is 9.87. The van der Waals surface area contributed by atoms with Crippen LogP contribution in [0, 0.1) is 12.8 Å². The third-order valence-corrected chi connectivity index (χ3v) is 4.20. The van der Waals surface area contributed by atoms with Crippen molar-refractivity contribution in [3.8, 4) is 0 Å². The number of hydrogen-bond acceptors (Lipinski definition) is 3. The molecular formula is C16H29N3O. The quantitative estimate of drug-likeness (QED) is 0.739. The lowest BCUT2D eigenvalue weighted by Gasteiger charge is -2.21. The van der Waals surface area contributed by atoms with Crippen LogP contribution in [-0.2, 0) is 11.3 Å². The van der Waals surface area contributed by atoms with Gasteiger partial charge in [-0.3, -0.25) is 0 Å². The smallest absolute Gasteiger partial charge is 0.203 e. The second kappa shape index (κ2) is 8.30. The summed E-state index contributed by atoms with van der Waals surface area (Å²) < 4.78 is 7.33. The van der Waals surface area contributed by atoms with Gasteiger partial charge in [-0.05, 0) is 25.7 Å². The average Bonchev–Trinajstić information content (AvgIpc) is 2.81. The molecular weight excluding hydrogens is 250 g/mol. The zero-order chi connectivity index (χ0) is 14.2. The van der Waals surface area contributed by atoms with Crippen molar-refractivity contribution in [1.29, 1.82) is 0 Å². The van der Waals surface area contributed by atoms with Crippen molar-refractivity contribution in [3.05, 3.63) is 11.9 Å². The van der Waals surface area contributed by atoms with Crippen molar-refractivity contribution in [3.63, 3.8) is 0 Å². The Morgan fingerprint density at radius 3 is 2.90 bits per heavy atom. The molecule has 0 aliphatic heterocycles. The van der Waals surface area contributed by atoms with E-state index in [-0.39, 0.29) is 0 Å². The summed E-state index contributed by atoms with van der Waals surface area (Å²) in [6.45, 7) is 4.88. The van der Waals surface area contributed by atoms with Gasteiger partial charge in [0, 0.05) is 33.0 Å². The van der Waals surface area contributed by atoms with Crippen molar-refractivity contribution >= 4 is 5.95 Å². The molecule has 4 nitrogen and oxygen atoms in total. The fraction of sp³-hybridized carbons (Fsp3) is 0.812. The number of nitrogens with zero attached hydrogens (tertiary/aromatic N) is 2. The molecule has 1 fully saturated rings. The second-order valence-electron chi connectivity index (χ2n) is 5.97. The van der Waals surface area contributed by atoms with Crippen LogP contribution in [-0.4, -0.2) is 29.8 Å². The van der Waals surface area contributed by atoms with Crippen LogP contribution in [0.3, 0.4) is 0 Å². The number of hydrogen-bond donors (Lipinski definition) is 1. The van der Waals surface area contributed by atoms with Crippen LogP contribution in [0.1, 0.15) is 50.6 Å². The molecule has 0 atom stereocenters. The largest absolute Gasteiger partial charge is 0.385 e. The van der Waals surface area contributed by atoms with E-state index in [9.17, 15) is 0 Å². The maximum atomic E-state index is 5.12. The van der Waals surface area contributed by atoms with Crippen molar-refractivity contribution in [2.24, 2.45) is 5.92 Å². The Kier molecular flexibility index (Phi) is 6.37. The highest BCUT2D eigenvalue weighted by Gasteiger charge is 2.13. The molecule has 0 aromatic carbocycles. The molecule has 4 heteroatoms. The first-order valence-electron chi connectivity index (χ1n) is 8.06. The minimum Gasteiger partial charge on any atom is -0.385 e. The number of rotatable bonds is 8. The van der Waals surface area contributed by atoms with E-state index < -0.39 is 0 Å². The first-order chi connectivity index (χ1) is 9.79. The first-order valence-corrected chi connectivity index (χ1v) is 8.06. The van der Waals surface area contributed by atoms with Gasteiger partial charge in [-0.1, -0.05) is 32.1 Å². The van der Waals surface area contributed by atoms with Crippen molar-refractivity contribution in [1.82, 2.24) is 9.55 Å². The molecule has 0 spiro atoms. The van der Waals surface area contributed by atoms with Crippen LogP contribution in [0.4, 0.5) is 5.95 Å². The van der Waals surface area contributed by atoms with E-state index in [4.69, 9.17) is 4.74 Å². The van der Waals surface area contributed by atoms with Gasteiger partial charge >= 0.3 is 0 Å². The summed E-state index contributed by atoms with van der Waals surface area (Å²) in [7, 11) is 1.75. The first kappa shape index (κ1) is 15.4. The number of nitrogens with one attached hydrogen (secondary N) is 1. The topological polar surface area (TPSA) is 39.1 Å². The summed E-state index contributed by atoms with van der Waals surface area (Å²) in [5.41, 5.74) is 1.09. The van der Waals surface area contributed by atoms with Gasteiger partial charge in [-0.25, -0.2) is 4.98 Å². The predicted molar refractivity (Wildman–Crippen MR) is 83.1 cm³/mol. The molecule has 0 amide bonds. The monoisotopic (exact) mass is 279 g/mol. The predicted octanol–water partition coefficient (Wildman–Crippen LogP) is 3.61. The molecule has 1 aromatic heterocycles. The Balaban J connectivity index is 1.76. The Bertz CT molecular complexity index is 383. The summed E-state index contributed by atoms with van der Waals surface area (Å²) in [5, 5.41) is 3.52. The van der Waals surface area contributed by atoms with Crippen LogP contribution >= 0.6 is 0 Å². The fourth-order valence-electron chi connectivity index (χ4n) is 3.10. The van der Waals surface area contributed by atoms with E-state index in [1.54, 1.807) is 7.11 Å². The number of ether oxygens (including phenoxy) is 1. The molecule has 20 heavy (non-hydrogen) atoms. The molecule has 0 radical (unpaired) electrons. The molecule has 1 N–H and O–H groups in total. The van der Waals surface area contributed by atoms with Gasteiger partial charge in [0.1, 0.15) is 0 Å². The Morgan fingerprint density at radius 1 is 1.35 bits per heavy atom. The van der Waals surface area contributed by atoms with Crippen LogP contribution in [0.25, 0.3) is 0 Å². The molecule has 1 saturated carbocycles. The molecule has 0 unspecified atom stereocenters. The standard InChI is InChI=1S/C16H29N3O/c1-14-13-19(11-6-12-20-2)16(18-14)17-10-9-15-7-4-3-5-8-15/h13,15H,3-12H2,1-2H3,(H,17,18). The number of imidazole rings is 1. The molecule has 114 valence electrons.